The molecule has 0 heterocycles. The molecule has 1 atom stereocenters. The van der Waals surface area contributed by atoms with E-state index in [9.17, 15) is 32.9 Å². The third-order valence-corrected chi connectivity index (χ3v) is 5.45. The number of nitrogens with zero attached hydrogens (tertiary/aromatic N) is 1. The van der Waals surface area contributed by atoms with Gasteiger partial charge in [0.25, 0.3) is 5.69 Å². The zero-order chi connectivity index (χ0) is 27.2. The quantitative estimate of drug-likeness (QED) is 0.255. The van der Waals surface area contributed by atoms with Crippen molar-refractivity contribution in [2.24, 2.45) is 0 Å². The Labute approximate surface area is 214 Å². The summed E-state index contributed by atoms with van der Waals surface area (Å²) in [5, 5.41) is 13.5. The number of alkyl halides is 3. The number of hydrogen-bond donors (Lipinski definition) is 1. The van der Waals surface area contributed by atoms with Crippen LogP contribution >= 0.6 is 11.6 Å². The summed E-state index contributed by atoms with van der Waals surface area (Å²) in [6.45, 7) is 1.55. The van der Waals surface area contributed by atoms with Crippen molar-refractivity contribution < 1.29 is 37.2 Å². The van der Waals surface area contributed by atoms with Crippen LogP contribution in [0.15, 0.2) is 66.7 Å². The highest BCUT2D eigenvalue weighted by atomic mass is 35.5. The molecule has 194 valence electrons. The van der Waals surface area contributed by atoms with E-state index in [-0.39, 0.29) is 35.1 Å². The molecule has 37 heavy (non-hydrogen) atoms. The fourth-order valence-electron chi connectivity index (χ4n) is 3.48. The van der Waals surface area contributed by atoms with E-state index in [1.807, 2.05) is 0 Å². The van der Waals surface area contributed by atoms with Gasteiger partial charge in [0, 0.05) is 11.6 Å². The van der Waals surface area contributed by atoms with Gasteiger partial charge < -0.3 is 9.47 Å². The first kappa shape index (κ1) is 27.5. The number of benzene rings is 3. The van der Waals surface area contributed by atoms with E-state index in [1.54, 1.807) is 37.3 Å². The molecule has 12 heteroatoms. The van der Waals surface area contributed by atoms with Crippen LogP contribution < -0.4 is 10.1 Å². The topological polar surface area (TPSA) is 108 Å². The minimum absolute atomic E-state index is 0.000172. The lowest BCUT2D eigenvalue weighted by Crippen LogP contribution is -2.36. The second kappa shape index (κ2) is 11.7. The second-order valence-corrected chi connectivity index (χ2v) is 8.08. The fraction of sp³-hybridized carbons (Fsp3) is 0.200. The Morgan fingerprint density at radius 2 is 1.78 bits per heavy atom. The van der Waals surface area contributed by atoms with Crippen molar-refractivity contribution in [1.82, 2.24) is 5.32 Å². The van der Waals surface area contributed by atoms with E-state index in [0.29, 0.717) is 11.6 Å². The highest BCUT2D eigenvalue weighted by Gasteiger charge is 2.32. The van der Waals surface area contributed by atoms with E-state index in [1.165, 1.54) is 12.1 Å². The Morgan fingerprint density at radius 1 is 1.08 bits per heavy atom. The molecule has 0 spiro atoms. The molecule has 0 aromatic heterocycles. The van der Waals surface area contributed by atoms with Gasteiger partial charge in [-0.1, -0.05) is 41.9 Å². The second-order valence-electron chi connectivity index (χ2n) is 7.67. The largest absolute Gasteiger partial charge is 0.456 e. The van der Waals surface area contributed by atoms with Crippen molar-refractivity contribution in [3.8, 4) is 11.5 Å². The average Bonchev–Trinajstić information content (AvgIpc) is 2.83. The van der Waals surface area contributed by atoms with Gasteiger partial charge in [0.15, 0.2) is 0 Å². The van der Waals surface area contributed by atoms with Gasteiger partial charge >= 0.3 is 12.3 Å². The number of carbonyl (C=O) groups excluding carboxylic acids is 2. The number of halogens is 4. The van der Waals surface area contributed by atoms with Crippen LogP contribution in [-0.2, 0) is 22.1 Å². The van der Waals surface area contributed by atoms with Gasteiger partial charge in [0.2, 0.25) is 5.91 Å². The molecular weight excluding hydrogens is 517 g/mol. The summed E-state index contributed by atoms with van der Waals surface area (Å²) in [6.07, 6.45) is -5.64. The summed E-state index contributed by atoms with van der Waals surface area (Å²) < 4.78 is 49.2. The van der Waals surface area contributed by atoms with Crippen molar-refractivity contribution >= 4 is 29.3 Å². The first-order chi connectivity index (χ1) is 17.5. The Hall–Kier alpha value is -4.12. The number of alkyl carbamates (subject to hydrolysis) is 1. The minimum Gasteiger partial charge on any atom is -0.456 e. The van der Waals surface area contributed by atoms with Crippen molar-refractivity contribution in [3.63, 3.8) is 0 Å². The van der Waals surface area contributed by atoms with Gasteiger partial charge in [-0.05, 0) is 49.2 Å². The Kier molecular flexibility index (Phi) is 8.72. The summed E-state index contributed by atoms with van der Waals surface area (Å²) in [4.78, 5) is 36.1. The summed E-state index contributed by atoms with van der Waals surface area (Å²) in [5.74, 6) is -2.23. The van der Waals surface area contributed by atoms with Gasteiger partial charge in [-0.15, -0.1) is 0 Å². The highest BCUT2D eigenvalue weighted by Crippen LogP contribution is 2.38. The number of nitro benzene ring substituents is 1. The number of nitrogens with one attached hydrogen (secondary N) is 1. The zero-order valence-corrected chi connectivity index (χ0v) is 20.0. The normalized spacial score (nSPS) is 11.9. The first-order valence-corrected chi connectivity index (χ1v) is 11.2. The van der Waals surface area contributed by atoms with Gasteiger partial charge in [-0.3, -0.25) is 20.2 Å². The summed E-state index contributed by atoms with van der Waals surface area (Å²) in [6, 6.07) is 14.6. The molecule has 2 amide bonds. The van der Waals surface area contributed by atoms with E-state index in [4.69, 9.17) is 21.1 Å². The predicted molar refractivity (Wildman–Crippen MR) is 128 cm³/mol. The van der Waals surface area contributed by atoms with Crippen LogP contribution in [0.1, 0.15) is 29.5 Å². The molecule has 3 aromatic carbocycles. The number of imide groups is 1. The first-order valence-electron chi connectivity index (χ1n) is 10.8. The third kappa shape index (κ3) is 7.20. The molecule has 0 bridgehead atoms. The molecule has 8 nitrogen and oxygen atoms in total. The Morgan fingerprint density at radius 3 is 2.38 bits per heavy atom. The number of amides is 2. The van der Waals surface area contributed by atoms with Crippen molar-refractivity contribution in [1.29, 1.82) is 0 Å². The molecule has 0 radical (unpaired) electrons. The highest BCUT2D eigenvalue weighted by molar-refractivity contribution is 6.32. The van der Waals surface area contributed by atoms with Crippen molar-refractivity contribution in [3.05, 3.63) is 98.6 Å². The Bertz CT molecular complexity index is 1300. The lowest BCUT2D eigenvalue weighted by atomic mass is 9.89. The van der Waals surface area contributed by atoms with Gasteiger partial charge in [-0.25, -0.2) is 4.79 Å². The van der Waals surface area contributed by atoms with Gasteiger partial charge in [-0.2, -0.15) is 13.2 Å². The number of nitro groups is 1. The van der Waals surface area contributed by atoms with E-state index >= 15 is 0 Å². The van der Waals surface area contributed by atoms with E-state index < -0.39 is 40.3 Å². The molecule has 0 saturated heterocycles. The van der Waals surface area contributed by atoms with Gasteiger partial charge in [0.1, 0.15) is 11.5 Å². The zero-order valence-electron chi connectivity index (χ0n) is 19.3. The lowest BCUT2D eigenvalue weighted by molar-refractivity contribution is -0.385. The van der Waals surface area contributed by atoms with Crippen LogP contribution in [0.25, 0.3) is 0 Å². The monoisotopic (exact) mass is 536 g/mol. The maximum Gasteiger partial charge on any atom is 0.416 e. The van der Waals surface area contributed by atoms with E-state index in [2.05, 4.69) is 5.32 Å². The smallest absolute Gasteiger partial charge is 0.416 e. The fourth-order valence-corrected chi connectivity index (χ4v) is 3.70. The van der Waals surface area contributed by atoms with Crippen LogP contribution in [0.2, 0.25) is 5.02 Å². The van der Waals surface area contributed by atoms with Crippen molar-refractivity contribution in [2.75, 3.05) is 6.61 Å². The van der Waals surface area contributed by atoms with Crippen LogP contribution in [0.3, 0.4) is 0 Å². The van der Waals surface area contributed by atoms with E-state index in [0.717, 1.165) is 18.2 Å². The molecule has 1 N–H and O–H groups in total. The molecular formula is C25H20ClF3N2O6. The number of ether oxygens (including phenoxy) is 2. The van der Waals surface area contributed by atoms with Gasteiger partial charge in [0.05, 0.1) is 28.0 Å². The summed E-state index contributed by atoms with van der Waals surface area (Å²) >= 11 is 5.97. The summed E-state index contributed by atoms with van der Waals surface area (Å²) in [5.41, 5.74) is -0.840. The minimum atomic E-state index is -4.61. The molecule has 1 unspecified atom stereocenters. The lowest BCUT2D eigenvalue weighted by Gasteiger charge is -2.18. The van der Waals surface area contributed by atoms with Crippen LogP contribution in [0.4, 0.5) is 23.7 Å². The molecule has 0 saturated carbocycles. The molecule has 3 rings (SSSR count). The summed E-state index contributed by atoms with van der Waals surface area (Å²) in [7, 11) is 0. The maximum atomic E-state index is 13.1. The number of carbonyl (C=O) groups is 2. The molecule has 0 aliphatic rings. The van der Waals surface area contributed by atoms with Crippen LogP contribution in [-0.4, -0.2) is 23.5 Å². The predicted octanol–water partition coefficient (Wildman–Crippen LogP) is 6.66. The maximum absolute atomic E-state index is 13.1. The molecule has 0 fully saturated rings. The number of rotatable bonds is 8. The van der Waals surface area contributed by atoms with Crippen molar-refractivity contribution in [2.45, 2.75) is 25.4 Å². The van der Waals surface area contributed by atoms with Crippen LogP contribution in [0.5, 0.6) is 11.5 Å². The SMILES string of the molecule is CCOC(=O)NC(=O)C(Cc1ccccc1)c1cc(Oc2ccc(C(F)(F)F)cc2Cl)ccc1[N+](=O)[O-]. The number of hydrogen-bond acceptors (Lipinski definition) is 6. The average molecular weight is 537 g/mol. The molecule has 0 aliphatic heterocycles. The van der Waals surface area contributed by atoms with Crippen LogP contribution in [0, 0.1) is 10.1 Å². The third-order valence-electron chi connectivity index (χ3n) is 5.16. The molecule has 0 aliphatic carbocycles. The molecule has 3 aromatic rings. The standard InChI is InChI=1S/C25H20ClF3N2O6/c1-2-36-24(33)30-23(32)19(12-15-6-4-3-5-7-15)18-14-17(9-10-21(18)31(34)35)37-22-11-8-16(13-20(22)26)25(27,28)29/h3-11,13-14,19H,2,12H2,1H3,(H,30,32,33). The Balaban J connectivity index is 2.03.